The van der Waals surface area contributed by atoms with Crippen LogP contribution in [0.5, 0.6) is 0 Å². The molecule has 0 saturated heterocycles. The van der Waals surface area contributed by atoms with Gasteiger partial charge in [0.15, 0.2) is 0 Å². The minimum atomic E-state index is -0.384. The summed E-state index contributed by atoms with van der Waals surface area (Å²) in [5, 5.41) is 0. The van der Waals surface area contributed by atoms with Crippen molar-refractivity contribution >= 4 is 11.9 Å². The first kappa shape index (κ1) is 25.3. The smallest absolute Gasteiger partial charge is 0.338 e. The van der Waals surface area contributed by atoms with Crippen LogP contribution in [0.3, 0.4) is 0 Å². The Hall–Kier alpha value is -2.76. The summed E-state index contributed by atoms with van der Waals surface area (Å²) in [6.45, 7) is 9.08. The molecule has 1 rings (SSSR count). The molecule has 0 aliphatic heterocycles. The molecule has 1 aromatic rings. The molecule has 0 saturated carbocycles. The van der Waals surface area contributed by atoms with E-state index in [0.29, 0.717) is 37.6 Å². The van der Waals surface area contributed by atoms with Crippen molar-refractivity contribution in [3.63, 3.8) is 0 Å². The van der Waals surface area contributed by atoms with Gasteiger partial charge >= 0.3 is 11.9 Å². The molecule has 30 heavy (non-hydrogen) atoms. The maximum absolute atomic E-state index is 12.1. The number of hydrogen-bond donors (Lipinski definition) is 0. The normalized spacial score (nSPS) is 10.1. The first-order valence-electron chi connectivity index (χ1n) is 10.6. The van der Waals surface area contributed by atoms with Gasteiger partial charge in [0.2, 0.25) is 0 Å². The first-order chi connectivity index (χ1) is 14.7. The summed E-state index contributed by atoms with van der Waals surface area (Å²) in [5.74, 6) is -0.768. The Balaban J connectivity index is 2.17. The van der Waals surface area contributed by atoms with E-state index < -0.39 is 0 Å². The van der Waals surface area contributed by atoms with Crippen LogP contribution in [0.15, 0.2) is 49.9 Å². The van der Waals surface area contributed by atoms with E-state index in [9.17, 15) is 9.59 Å². The Bertz CT molecular complexity index is 568. The van der Waals surface area contributed by atoms with Crippen LogP contribution in [-0.4, -0.2) is 38.4 Å². The van der Waals surface area contributed by atoms with Crippen LogP contribution in [0.4, 0.5) is 0 Å². The first-order valence-corrected chi connectivity index (χ1v) is 10.6. The van der Waals surface area contributed by atoms with Gasteiger partial charge in [-0.15, -0.1) is 0 Å². The lowest BCUT2D eigenvalue weighted by atomic mass is 10.1. The van der Waals surface area contributed by atoms with Gasteiger partial charge in [-0.25, -0.2) is 9.59 Å². The predicted octanol–water partition coefficient (Wildman–Crippen LogP) is 5.44. The van der Waals surface area contributed by atoms with Gasteiger partial charge in [-0.2, -0.15) is 0 Å². The quantitative estimate of drug-likeness (QED) is 0.180. The van der Waals surface area contributed by atoms with E-state index >= 15 is 0 Å². The molecule has 0 aliphatic rings. The Kier molecular flexibility index (Phi) is 14.4. The summed E-state index contributed by atoms with van der Waals surface area (Å²) in [6.07, 6.45) is 10.4. The van der Waals surface area contributed by atoms with E-state index in [1.165, 1.54) is 12.5 Å². The Labute approximate surface area is 179 Å². The second-order valence-electron chi connectivity index (χ2n) is 6.75. The summed E-state index contributed by atoms with van der Waals surface area (Å²) in [6, 6.07) is 6.35. The van der Waals surface area contributed by atoms with Gasteiger partial charge in [0.1, 0.15) is 0 Å². The topological polar surface area (TPSA) is 71.1 Å². The van der Waals surface area contributed by atoms with E-state index in [0.717, 1.165) is 51.4 Å². The molecule has 0 radical (unpaired) electrons. The highest BCUT2D eigenvalue weighted by Gasteiger charge is 2.11. The van der Waals surface area contributed by atoms with Crippen LogP contribution in [0.2, 0.25) is 0 Å². The zero-order valence-corrected chi connectivity index (χ0v) is 17.8. The van der Waals surface area contributed by atoms with Crippen molar-refractivity contribution in [3.05, 3.63) is 61.1 Å². The van der Waals surface area contributed by atoms with Crippen molar-refractivity contribution < 1.29 is 28.5 Å². The third-order valence-electron chi connectivity index (χ3n) is 4.37. The summed E-state index contributed by atoms with van der Waals surface area (Å²) in [5.41, 5.74) is 0.848. The molecule has 0 aromatic heterocycles. The van der Waals surface area contributed by atoms with Gasteiger partial charge in [-0.05, 0) is 75.6 Å². The highest BCUT2D eigenvalue weighted by atomic mass is 16.5. The lowest BCUT2D eigenvalue weighted by Gasteiger charge is -2.07. The van der Waals surface area contributed by atoms with Crippen LogP contribution in [-0.2, 0) is 18.9 Å². The van der Waals surface area contributed by atoms with Crippen LogP contribution >= 0.6 is 0 Å². The molecule has 0 bridgehead atoms. The standard InChI is InChI=1S/C24H34O6/c1-3-27-17-9-5-7-11-19-29-23(25)21-13-15-22(16-14-21)24(26)30-20-12-8-6-10-18-28-4-2/h3-4,13-16H,1-2,5-12,17-20H2. The lowest BCUT2D eigenvalue weighted by Crippen LogP contribution is -2.09. The number of esters is 2. The van der Waals surface area contributed by atoms with E-state index in [1.807, 2.05) is 0 Å². The number of rotatable bonds is 18. The minimum absolute atomic E-state index is 0.380. The van der Waals surface area contributed by atoms with E-state index in [4.69, 9.17) is 18.9 Å². The number of carbonyl (C=O) groups is 2. The molecule has 0 unspecified atom stereocenters. The Morgan fingerprint density at radius 3 is 1.27 bits per heavy atom. The number of hydrogen-bond acceptors (Lipinski definition) is 6. The zero-order valence-electron chi connectivity index (χ0n) is 17.8. The molecule has 1 aromatic carbocycles. The van der Waals surface area contributed by atoms with Crippen molar-refractivity contribution in [2.75, 3.05) is 26.4 Å². The van der Waals surface area contributed by atoms with E-state index in [1.54, 1.807) is 24.3 Å². The highest BCUT2D eigenvalue weighted by Crippen LogP contribution is 2.09. The SMILES string of the molecule is C=COCCCCCCOC(=O)c1ccc(C(=O)OCCCCCCOC=C)cc1. The maximum Gasteiger partial charge on any atom is 0.338 e. The third kappa shape index (κ3) is 11.9. The molecular weight excluding hydrogens is 384 g/mol. The van der Waals surface area contributed by atoms with Crippen molar-refractivity contribution in [1.29, 1.82) is 0 Å². The molecule has 0 heterocycles. The zero-order chi connectivity index (χ0) is 21.9. The predicted molar refractivity (Wildman–Crippen MR) is 116 cm³/mol. The van der Waals surface area contributed by atoms with Crippen molar-refractivity contribution in [3.8, 4) is 0 Å². The Morgan fingerprint density at radius 2 is 0.933 bits per heavy atom. The molecule has 0 spiro atoms. The summed E-state index contributed by atoms with van der Waals surface area (Å²) < 4.78 is 20.6. The number of benzene rings is 1. The fourth-order valence-electron chi connectivity index (χ4n) is 2.69. The maximum atomic E-state index is 12.1. The average Bonchev–Trinajstić information content (AvgIpc) is 2.77. The van der Waals surface area contributed by atoms with Gasteiger partial charge in [0.25, 0.3) is 0 Å². The molecule has 6 heteroatoms. The summed E-state index contributed by atoms with van der Waals surface area (Å²) >= 11 is 0. The van der Waals surface area contributed by atoms with Gasteiger partial charge in [-0.1, -0.05) is 13.2 Å². The lowest BCUT2D eigenvalue weighted by molar-refractivity contribution is 0.0482. The molecule has 0 aliphatic carbocycles. The fraction of sp³-hybridized carbons (Fsp3) is 0.500. The van der Waals surface area contributed by atoms with Gasteiger partial charge in [-0.3, -0.25) is 0 Å². The van der Waals surface area contributed by atoms with Crippen LogP contribution in [0, 0.1) is 0 Å². The van der Waals surface area contributed by atoms with Crippen LogP contribution < -0.4 is 0 Å². The molecule has 0 atom stereocenters. The second-order valence-corrected chi connectivity index (χ2v) is 6.75. The molecular formula is C24H34O6. The van der Waals surface area contributed by atoms with E-state index in [2.05, 4.69) is 13.2 Å². The Morgan fingerprint density at radius 1 is 0.600 bits per heavy atom. The highest BCUT2D eigenvalue weighted by molar-refractivity contribution is 5.93. The van der Waals surface area contributed by atoms with Gasteiger partial charge < -0.3 is 18.9 Å². The average molecular weight is 419 g/mol. The second kappa shape index (κ2) is 17.1. The number of unbranched alkanes of at least 4 members (excludes halogenated alkanes) is 6. The fourth-order valence-corrected chi connectivity index (χ4v) is 2.69. The number of carbonyl (C=O) groups excluding carboxylic acids is 2. The van der Waals surface area contributed by atoms with Crippen LogP contribution in [0.1, 0.15) is 72.1 Å². The molecule has 6 nitrogen and oxygen atoms in total. The third-order valence-corrected chi connectivity index (χ3v) is 4.37. The van der Waals surface area contributed by atoms with Crippen molar-refractivity contribution in [2.45, 2.75) is 51.4 Å². The largest absolute Gasteiger partial charge is 0.502 e. The summed E-state index contributed by atoms with van der Waals surface area (Å²) in [7, 11) is 0. The summed E-state index contributed by atoms with van der Waals surface area (Å²) in [4.78, 5) is 24.1. The molecule has 0 amide bonds. The molecule has 0 N–H and O–H groups in total. The molecule has 0 fully saturated rings. The monoisotopic (exact) mass is 418 g/mol. The van der Waals surface area contributed by atoms with Crippen LogP contribution in [0.25, 0.3) is 0 Å². The molecule has 166 valence electrons. The van der Waals surface area contributed by atoms with E-state index in [-0.39, 0.29) is 11.9 Å². The van der Waals surface area contributed by atoms with Gasteiger partial charge in [0, 0.05) is 0 Å². The van der Waals surface area contributed by atoms with Gasteiger partial charge in [0.05, 0.1) is 50.1 Å². The van der Waals surface area contributed by atoms with Crippen molar-refractivity contribution in [2.24, 2.45) is 0 Å². The minimum Gasteiger partial charge on any atom is -0.502 e. The van der Waals surface area contributed by atoms with Crippen molar-refractivity contribution in [1.82, 2.24) is 0 Å². The number of ether oxygens (including phenoxy) is 4.